The number of aryl methyl sites for hydroxylation is 1. The molecule has 0 spiro atoms. The smallest absolute Gasteiger partial charge is 0.315 e. The molecule has 1 unspecified atom stereocenters. The van der Waals surface area contributed by atoms with Gasteiger partial charge in [-0.05, 0) is 23.6 Å². The molecule has 0 N–H and O–H groups in total. The molecule has 0 saturated heterocycles. The number of anilines is 1. The van der Waals surface area contributed by atoms with Gasteiger partial charge in [0, 0.05) is 19.2 Å². The number of nitrogens with zero attached hydrogens (tertiary/aromatic N) is 1. The van der Waals surface area contributed by atoms with Gasteiger partial charge in [0.2, 0.25) is 5.91 Å². The molecule has 1 aliphatic rings. The number of hydrogen-bond acceptors (Lipinski definition) is 1. The Hall–Kier alpha value is -1.23. The maximum absolute atomic E-state index is 12.3. The summed E-state index contributed by atoms with van der Waals surface area (Å²) in [4.78, 5) is 13.0. The highest BCUT2D eigenvalue weighted by Crippen LogP contribution is 2.36. The van der Waals surface area contributed by atoms with Crippen LogP contribution in [0.25, 0.3) is 0 Å². The molecule has 1 aromatic carbocycles. The van der Waals surface area contributed by atoms with E-state index < -0.39 is 18.0 Å². The molecule has 104 valence electrons. The molecule has 1 aromatic rings. The summed E-state index contributed by atoms with van der Waals surface area (Å²) in [7, 11) is 1.66. The van der Waals surface area contributed by atoms with Crippen molar-refractivity contribution in [2.24, 2.45) is 0 Å². The fraction of sp³-hybridized carbons (Fsp3) is 0.462. The Balaban J connectivity index is 2.24. The fourth-order valence-corrected chi connectivity index (χ4v) is 2.50. The van der Waals surface area contributed by atoms with Crippen LogP contribution in [0.1, 0.15) is 29.3 Å². The van der Waals surface area contributed by atoms with Crippen LogP contribution >= 0.6 is 11.6 Å². The van der Waals surface area contributed by atoms with Crippen LogP contribution in [0, 0.1) is 0 Å². The Morgan fingerprint density at radius 3 is 2.68 bits per heavy atom. The Bertz CT molecular complexity index is 501. The number of carbonyl (C=O) groups is 1. The second-order valence-corrected chi connectivity index (χ2v) is 5.15. The molecule has 2 nitrogen and oxygen atoms in total. The normalized spacial score (nSPS) is 17.3. The number of rotatable bonds is 2. The zero-order valence-corrected chi connectivity index (χ0v) is 11.1. The van der Waals surface area contributed by atoms with Crippen molar-refractivity contribution >= 4 is 23.2 Å². The van der Waals surface area contributed by atoms with Gasteiger partial charge in [-0.1, -0.05) is 12.1 Å². The number of halogens is 4. The standard InChI is InChI=1S/C13H13ClF3NO/c1-18-11-4-2-8(10(14)7-13(15,16)17)6-9(11)3-5-12(18)19/h2,4,6,10H,3,5,7H2,1H3. The van der Waals surface area contributed by atoms with Gasteiger partial charge in [-0.15, -0.1) is 11.6 Å². The van der Waals surface area contributed by atoms with Gasteiger partial charge in [-0.3, -0.25) is 4.79 Å². The van der Waals surface area contributed by atoms with E-state index in [2.05, 4.69) is 0 Å². The van der Waals surface area contributed by atoms with Crippen molar-refractivity contribution in [3.63, 3.8) is 0 Å². The summed E-state index contributed by atoms with van der Waals surface area (Å²) < 4.78 is 36.9. The molecule has 1 aliphatic heterocycles. The quantitative estimate of drug-likeness (QED) is 0.758. The van der Waals surface area contributed by atoms with E-state index in [4.69, 9.17) is 11.6 Å². The monoisotopic (exact) mass is 291 g/mol. The molecule has 0 bridgehead atoms. The molecular weight excluding hydrogens is 279 g/mol. The van der Waals surface area contributed by atoms with E-state index in [0.29, 0.717) is 18.4 Å². The van der Waals surface area contributed by atoms with Crippen LogP contribution in [-0.2, 0) is 11.2 Å². The van der Waals surface area contributed by atoms with Crippen LogP contribution in [0.2, 0.25) is 0 Å². The van der Waals surface area contributed by atoms with Crippen LogP contribution in [0.3, 0.4) is 0 Å². The van der Waals surface area contributed by atoms with Crippen molar-refractivity contribution < 1.29 is 18.0 Å². The number of carbonyl (C=O) groups excluding carboxylic acids is 1. The summed E-state index contributed by atoms with van der Waals surface area (Å²) in [5.74, 6) is 0.0120. The topological polar surface area (TPSA) is 20.3 Å². The Morgan fingerprint density at radius 1 is 1.37 bits per heavy atom. The van der Waals surface area contributed by atoms with Gasteiger partial charge >= 0.3 is 6.18 Å². The number of benzene rings is 1. The van der Waals surface area contributed by atoms with Crippen LogP contribution < -0.4 is 4.90 Å². The Morgan fingerprint density at radius 2 is 2.05 bits per heavy atom. The van der Waals surface area contributed by atoms with Crippen molar-refractivity contribution in [3.05, 3.63) is 29.3 Å². The second-order valence-electron chi connectivity index (χ2n) is 4.63. The minimum Gasteiger partial charge on any atom is -0.315 e. The fourth-order valence-electron chi connectivity index (χ4n) is 2.19. The van der Waals surface area contributed by atoms with Crippen LogP contribution in [-0.4, -0.2) is 19.1 Å². The van der Waals surface area contributed by atoms with E-state index in [9.17, 15) is 18.0 Å². The maximum Gasteiger partial charge on any atom is 0.390 e. The lowest BCUT2D eigenvalue weighted by molar-refractivity contribution is -0.134. The molecule has 1 atom stereocenters. The number of alkyl halides is 4. The molecule has 0 aromatic heterocycles. The predicted molar refractivity (Wildman–Crippen MR) is 67.4 cm³/mol. The van der Waals surface area contributed by atoms with E-state index >= 15 is 0 Å². The third-order valence-electron chi connectivity index (χ3n) is 3.22. The van der Waals surface area contributed by atoms with E-state index in [-0.39, 0.29) is 5.91 Å². The zero-order chi connectivity index (χ0) is 14.2. The molecule has 2 rings (SSSR count). The number of fused-ring (bicyclic) bond motifs is 1. The summed E-state index contributed by atoms with van der Waals surface area (Å²) in [6.45, 7) is 0. The van der Waals surface area contributed by atoms with E-state index in [1.54, 1.807) is 25.2 Å². The van der Waals surface area contributed by atoms with E-state index in [0.717, 1.165) is 11.3 Å². The van der Waals surface area contributed by atoms with Gasteiger partial charge in [0.1, 0.15) is 0 Å². The first kappa shape index (κ1) is 14.2. The van der Waals surface area contributed by atoms with Crippen molar-refractivity contribution in [3.8, 4) is 0 Å². The highest BCUT2D eigenvalue weighted by atomic mass is 35.5. The molecule has 1 amide bonds. The SMILES string of the molecule is CN1C(=O)CCc2cc(C(Cl)CC(F)(F)F)ccc21. The predicted octanol–water partition coefficient (Wildman–Crippen LogP) is 3.83. The summed E-state index contributed by atoms with van der Waals surface area (Å²) in [6, 6.07) is 4.88. The largest absolute Gasteiger partial charge is 0.390 e. The van der Waals surface area contributed by atoms with Crippen molar-refractivity contribution in [2.75, 3.05) is 11.9 Å². The van der Waals surface area contributed by atoms with Crippen molar-refractivity contribution in [2.45, 2.75) is 30.8 Å². The average Bonchev–Trinajstić information content (AvgIpc) is 2.31. The molecule has 0 saturated carbocycles. The third kappa shape index (κ3) is 3.21. The lowest BCUT2D eigenvalue weighted by Crippen LogP contribution is -2.31. The zero-order valence-electron chi connectivity index (χ0n) is 10.3. The van der Waals surface area contributed by atoms with Crippen LogP contribution in [0.15, 0.2) is 18.2 Å². The minimum atomic E-state index is -4.28. The first-order valence-corrected chi connectivity index (χ1v) is 6.32. The molecule has 6 heteroatoms. The minimum absolute atomic E-state index is 0.0120. The van der Waals surface area contributed by atoms with Gasteiger partial charge in [0.05, 0.1) is 11.8 Å². The highest BCUT2D eigenvalue weighted by Gasteiger charge is 2.32. The first-order valence-electron chi connectivity index (χ1n) is 5.88. The summed E-state index contributed by atoms with van der Waals surface area (Å²) in [5.41, 5.74) is 2.06. The van der Waals surface area contributed by atoms with Gasteiger partial charge < -0.3 is 4.90 Å². The van der Waals surface area contributed by atoms with Gasteiger partial charge in [0.15, 0.2) is 0 Å². The van der Waals surface area contributed by atoms with E-state index in [1.165, 1.54) is 4.90 Å². The molecule has 0 radical (unpaired) electrons. The summed E-state index contributed by atoms with van der Waals surface area (Å²) >= 11 is 5.80. The van der Waals surface area contributed by atoms with Crippen LogP contribution in [0.4, 0.5) is 18.9 Å². The molecule has 19 heavy (non-hydrogen) atoms. The summed E-state index contributed by atoms with van der Waals surface area (Å²) in [5, 5.41) is -1.09. The molecule has 1 heterocycles. The number of hydrogen-bond donors (Lipinski definition) is 0. The maximum atomic E-state index is 12.3. The molecule has 0 aliphatic carbocycles. The molecular formula is C13H13ClF3NO. The molecule has 0 fully saturated rings. The van der Waals surface area contributed by atoms with Crippen molar-refractivity contribution in [1.29, 1.82) is 0 Å². The highest BCUT2D eigenvalue weighted by molar-refractivity contribution is 6.20. The Kier molecular flexibility index (Phi) is 3.76. The lowest BCUT2D eigenvalue weighted by Gasteiger charge is -2.26. The van der Waals surface area contributed by atoms with Gasteiger partial charge in [0.25, 0.3) is 0 Å². The average molecular weight is 292 g/mol. The second kappa shape index (κ2) is 5.04. The van der Waals surface area contributed by atoms with E-state index in [1.807, 2.05) is 0 Å². The number of amides is 1. The van der Waals surface area contributed by atoms with Crippen LogP contribution in [0.5, 0.6) is 0 Å². The third-order valence-corrected chi connectivity index (χ3v) is 3.63. The summed E-state index contributed by atoms with van der Waals surface area (Å²) in [6.07, 6.45) is -4.42. The lowest BCUT2D eigenvalue weighted by atomic mass is 9.97. The van der Waals surface area contributed by atoms with Gasteiger partial charge in [-0.2, -0.15) is 13.2 Å². The first-order chi connectivity index (χ1) is 8.78. The van der Waals surface area contributed by atoms with Gasteiger partial charge in [-0.25, -0.2) is 0 Å². The van der Waals surface area contributed by atoms with Crippen molar-refractivity contribution in [1.82, 2.24) is 0 Å². The Labute approximate surface area is 114 Å².